The van der Waals surface area contributed by atoms with Crippen LogP contribution in [0.4, 0.5) is 17.1 Å². The molecule has 1 heterocycles. The third-order valence-electron chi connectivity index (χ3n) is 10.5. The second-order valence-corrected chi connectivity index (χ2v) is 13.7. The summed E-state index contributed by atoms with van der Waals surface area (Å²) >= 11 is 0. The van der Waals surface area contributed by atoms with Gasteiger partial charge < -0.3 is 9.32 Å². The van der Waals surface area contributed by atoms with Gasteiger partial charge in [-0.05, 0) is 75.0 Å². The zero-order valence-corrected chi connectivity index (χ0v) is 29.6. The molecule has 0 atom stereocenters. The van der Waals surface area contributed by atoms with Crippen molar-refractivity contribution in [3.8, 4) is 44.5 Å². The van der Waals surface area contributed by atoms with Gasteiger partial charge in [-0.2, -0.15) is 0 Å². The van der Waals surface area contributed by atoms with Gasteiger partial charge in [0.1, 0.15) is 11.2 Å². The lowest BCUT2D eigenvalue weighted by molar-refractivity contribution is 0.669. The molecule has 0 aliphatic carbocycles. The summed E-state index contributed by atoms with van der Waals surface area (Å²) in [6.07, 6.45) is 0. The summed E-state index contributed by atoms with van der Waals surface area (Å²) in [5, 5.41) is 4.60. The summed E-state index contributed by atoms with van der Waals surface area (Å²) in [6.45, 7) is 0. The third-order valence-corrected chi connectivity index (χ3v) is 10.5. The lowest BCUT2D eigenvalue weighted by Gasteiger charge is -2.31. The summed E-state index contributed by atoms with van der Waals surface area (Å²) in [4.78, 5) is 2.45. The van der Waals surface area contributed by atoms with Crippen LogP contribution in [-0.2, 0) is 0 Å². The molecule has 0 unspecified atom stereocenters. The van der Waals surface area contributed by atoms with Crippen LogP contribution in [0.15, 0.2) is 217 Å². The summed E-state index contributed by atoms with van der Waals surface area (Å²) < 4.78 is 6.57. The van der Waals surface area contributed by atoms with Gasteiger partial charge in [0.05, 0.1) is 17.1 Å². The van der Waals surface area contributed by atoms with Crippen molar-refractivity contribution in [3.05, 3.63) is 212 Å². The van der Waals surface area contributed by atoms with E-state index >= 15 is 0 Å². The fourth-order valence-electron chi connectivity index (χ4n) is 7.94. The molecule has 254 valence electrons. The number of benzene rings is 9. The highest BCUT2D eigenvalue weighted by Gasteiger charge is 2.24. The molecule has 0 spiro atoms. The van der Waals surface area contributed by atoms with E-state index in [-0.39, 0.29) is 0 Å². The van der Waals surface area contributed by atoms with Gasteiger partial charge in [0.25, 0.3) is 0 Å². The third kappa shape index (κ3) is 5.53. The van der Waals surface area contributed by atoms with E-state index < -0.39 is 0 Å². The first-order valence-corrected chi connectivity index (χ1v) is 18.4. The summed E-state index contributed by atoms with van der Waals surface area (Å²) in [5.41, 5.74) is 14.3. The van der Waals surface area contributed by atoms with Crippen molar-refractivity contribution < 1.29 is 4.42 Å². The molecule has 10 aromatic rings. The Morgan fingerprint density at radius 2 is 0.741 bits per heavy atom. The number of nitrogens with zero attached hydrogens (tertiary/aromatic N) is 1. The van der Waals surface area contributed by atoms with Crippen molar-refractivity contribution in [2.24, 2.45) is 0 Å². The highest BCUT2D eigenvalue weighted by Crippen LogP contribution is 2.49. The van der Waals surface area contributed by atoms with Gasteiger partial charge in [0, 0.05) is 27.5 Å². The summed E-state index contributed by atoms with van der Waals surface area (Å²) in [6, 6.07) is 75.9. The van der Waals surface area contributed by atoms with Crippen molar-refractivity contribution in [2.75, 3.05) is 4.90 Å². The Morgan fingerprint density at radius 3 is 1.39 bits per heavy atom. The average Bonchev–Trinajstić information content (AvgIpc) is 3.62. The molecule has 2 heteroatoms. The Morgan fingerprint density at radius 1 is 0.296 bits per heavy atom. The van der Waals surface area contributed by atoms with Gasteiger partial charge in [-0.25, -0.2) is 0 Å². The van der Waals surface area contributed by atoms with Gasteiger partial charge in [0.2, 0.25) is 0 Å². The fraction of sp³-hybridized carbons (Fsp3) is 0. The number of para-hydroxylation sites is 3. The molecular formula is C52H35NO. The highest BCUT2D eigenvalue weighted by molar-refractivity contribution is 6.17. The first-order valence-electron chi connectivity index (χ1n) is 18.4. The van der Waals surface area contributed by atoms with Gasteiger partial charge in [-0.3, -0.25) is 0 Å². The van der Waals surface area contributed by atoms with Crippen LogP contribution >= 0.6 is 0 Å². The minimum Gasteiger partial charge on any atom is -0.456 e. The molecule has 54 heavy (non-hydrogen) atoms. The predicted octanol–water partition coefficient (Wildman–Crippen LogP) is 14.9. The largest absolute Gasteiger partial charge is 0.456 e. The topological polar surface area (TPSA) is 16.4 Å². The predicted molar refractivity (Wildman–Crippen MR) is 228 cm³/mol. The van der Waals surface area contributed by atoms with Crippen molar-refractivity contribution in [3.63, 3.8) is 0 Å². The van der Waals surface area contributed by atoms with Crippen LogP contribution in [0.3, 0.4) is 0 Å². The van der Waals surface area contributed by atoms with Crippen LogP contribution in [0, 0.1) is 0 Å². The van der Waals surface area contributed by atoms with E-state index in [9.17, 15) is 0 Å². The zero-order chi connectivity index (χ0) is 35.8. The van der Waals surface area contributed by atoms with E-state index in [0.29, 0.717) is 0 Å². The van der Waals surface area contributed by atoms with Crippen molar-refractivity contribution in [1.29, 1.82) is 0 Å². The van der Waals surface area contributed by atoms with Crippen LogP contribution in [0.5, 0.6) is 0 Å². The molecule has 0 aliphatic rings. The number of rotatable bonds is 7. The van der Waals surface area contributed by atoms with E-state index in [4.69, 9.17) is 4.42 Å². The molecule has 0 N–H and O–H groups in total. The van der Waals surface area contributed by atoms with Crippen LogP contribution in [0.2, 0.25) is 0 Å². The number of anilines is 3. The van der Waals surface area contributed by atoms with Crippen LogP contribution in [-0.4, -0.2) is 0 Å². The number of hydrogen-bond donors (Lipinski definition) is 0. The molecule has 1 aromatic heterocycles. The lowest BCUT2D eigenvalue weighted by atomic mass is 9.94. The quantitative estimate of drug-likeness (QED) is 0.166. The molecule has 0 radical (unpaired) electrons. The maximum absolute atomic E-state index is 6.57. The maximum atomic E-state index is 6.57. The lowest BCUT2D eigenvalue weighted by Crippen LogP contribution is -2.13. The second kappa shape index (κ2) is 13.4. The first-order chi connectivity index (χ1) is 26.8. The number of fused-ring (bicyclic) bond motifs is 4. The molecule has 9 aromatic carbocycles. The molecule has 0 aliphatic heterocycles. The Labute approximate surface area is 314 Å². The van der Waals surface area contributed by atoms with E-state index in [1.54, 1.807) is 0 Å². The molecule has 0 bridgehead atoms. The Bertz CT molecular complexity index is 2920. The van der Waals surface area contributed by atoms with Crippen LogP contribution < -0.4 is 4.90 Å². The molecule has 0 saturated heterocycles. The van der Waals surface area contributed by atoms with Crippen LogP contribution in [0.1, 0.15) is 0 Å². The molecule has 0 amide bonds. The zero-order valence-electron chi connectivity index (χ0n) is 29.6. The summed E-state index contributed by atoms with van der Waals surface area (Å²) in [5.74, 6) is 0. The highest BCUT2D eigenvalue weighted by atomic mass is 16.3. The number of furan rings is 1. The Kier molecular flexibility index (Phi) is 7.85. The smallest absolute Gasteiger partial charge is 0.136 e. The Balaban J connectivity index is 1.22. The van der Waals surface area contributed by atoms with Crippen molar-refractivity contribution in [1.82, 2.24) is 0 Å². The van der Waals surface area contributed by atoms with E-state index in [1.807, 2.05) is 0 Å². The standard InChI is InChI=1S/C52H35NO/c1-3-16-36(17-4-1)37-30-32-39(33-31-37)43-23-10-13-27-48(43)53(47-26-12-9-22-42(47)38-18-5-2-6-19-38)49-28-14-11-24-44(49)45-25-15-29-50-52(45)46-34-40-20-7-8-21-41(40)35-51(46)54-50/h1-35H. The van der Waals surface area contributed by atoms with Crippen LogP contribution in [0.25, 0.3) is 77.2 Å². The fourth-order valence-corrected chi connectivity index (χ4v) is 7.94. The molecule has 0 saturated carbocycles. The molecule has 10 rings (SSSR count). The monoisotopic (exact) mass is 689 g/mol. The first kappa shape index (κ1) is 31.6. The van der Waals surface area contributed by atoms with E-state index in [0.717, 1.165) is 72.4 Å². The minimum absolute atomic E-state index is 0.878. The second-order valence-electron chi connectivity index (χ2n) is 13.7. The molecule has 0 fully saturated rings. The van der Waals surface area contributed by atoms with Gasteiger partial charge >= 0.3 is 0 Å². The van der Waals surface area contributed by atoms with Crippen molar-refractivity contribution in [2.45, 2.75) is 0 Å². The minimum atomic E-state index is 0.878. The van der Waals surface area contributed by atoms with Gasteiger partial charge in [0.15, 0.2) is 0 Å². The molecular weight excluding hydrogens is 655 g/mol. The average molecular weight is 690 g/mol. The van der Waals surface area contributed by atoms with Crippen molar-refractivity contribution >= 4 is 49.8 Å². The number of hydrogen-bond acceptors (Lipinski definition) is 2. The van der Waals surface area contributed by atoms with Gasteiger partial charge in [-0.15, -0.1) is 0 Å². The normalized spacial score (nSPS) is 11.3. The Hall–Kier alpha value is -7.16. The van der Waals surface area contributed by atoms with E-state index in [1.165, 1.54) is 21.9 Å². The summed E-state index contributed by atoms with van der Waals surface area (Å²) in [7, 11) is 0. The van der Waals surface area contributed by atoms with E-state index in [2.05, 4.69) is 217 Å². The maximum Gasteiger partial charge on any atom is 0.136 e. The van der Waals surface area contributed by atoms with Gasteiger partial charge in [-0.1, -0.05) is 176 Å². The SMILES string of the molecule is c1ccc(-c2ccc(-c3ccccc3N(c3ccccc3-c3ccccc3)c3ccccc3-c3cccc4oc5cc6ccccc6cc5c34)cc2)cc1. The molecule has 2 nitrogen and oxygen atoms in total.